The van der Waals surface area contributed by atoms with Crippen LogP contribution in [0.1, 0.15) is 380 Å². The number of rotatable bonds is 63. The maximum absolute atomic E-state index is 12.9. The van der Waals surface area contributed by atoms with Gasteiger partial charge in [-0.1, -0.05) is 334 Å². The second-order valence-electron chi connectivity index (χ2n) is 23.1. The summed E-state index contributed by atoms with van der Waals surface area (Å²) in [6, 6.07) is 0. The molecule has 6 nitrogen and oxygen atoms in total. The zero-order valence-corrected chi connectivity index (χ0v) is 50.8. The van der Waals surface area contributed by atoms with Gasteiger partial charge >= 0.3 is 17.9 Å². The second-order valence-corrected chi connectivity index (χ2v) is 23.1. The number of carbonyl (C=O) groups is 3. The molecule has 0 saturated heterocycles. The van der Waals surface area contributed by atoms with Crippen molar-refractivity contribution in [3.8, 4) is 0 Å². The molecule has 0 amide bonds. The summed E-state index contributed by atoms with van der Waals surface area (Å²) in [6.07, 6.45) is 77.9. The lowest BCUT2D eigenvalue weighted by molar-refractivity contribution is -0.167. The summed E-state index contributed by atoms with van der Waals surface area (Å²) in [6.45, 7) is 6.67. The van der Waals surface area contributed by atoms with Crippen LogP contribution in [-0.4, -0.2) is 37.2 Å². The van der Waals surface area contributed by atoms with Crippen molar-refractivity contribution in [3.05, 3.63) is 24.3 Å². The van der Waals surface area contributed by atoms with E-state index < -0.39 is 6.10 Å². The lowest BCUT2D eigenvalue weighted by Crippen LogP contribution is -2.30. The van der Waals surface area contributed by atoms with Gasteiger partial charge in [-0.2, -0.15) is 0 Å². The van der Waals surface area contributed by atoms with Gasteiger partial charge in [-0.25, -0.2) is 0 Å². The molecule has 6 heteroatoms. The molecule has 0 bridgehead atoms. The number of hydrogen-bond donors (Lipinski definition) is 0. The third-order valence-corrected chi connectivity index (χ3v) is 15.5. The van der Waals surface area contributed by atoms with Crippen LogP contribution >= 0.6 is 0 Å². The minimum absolute atomic E-state index is 0.0643. The summed E-state index contributed by atoms with van der Waals surface area (Å²) in [5.74, 6) is -0.840. The number of ether oxygens (including phenoxy) is 3. The van der Waals surface area contributed by atoms with Crippen LogP contribution < -0.4 is 0 Å². The van der Waals surface area contributed by atoms with E-state index in [1.165, 1.54) is 276 Å². The van der Waals surface area contributed by atoms with Crippen molar-refractivity contribution >= 4 is 17.9 Å². The zero-order valence-electron chi connectivity index (χ0n) is 50.8. The van der Waals surface area contributed by atoms with E-state index in [2.05, 4.69) is 45.1 Å². The van der Waals surface area contributed by atoms with Gasteiger partial charge in [0.1, 0.15) is 13.2 Å². The highest BCUT2D eigenvalue weighted by atomic mass is 16.6. The molecule has 0 aliphatic rings. The first kappa shape index (κ1) is 72.9. The lowest BCUT2D eigenvalue weighted by Gasteiger charge is -2.18. The number of esters is 3. The Morgan fingerprint density at radius 2 is 0.480 bits per heavy atom. The van der Waals surface area contributed by atoms with Crippen molar-refractivity contribution in [3.63, 3.8) is 0 Å². The fourth-order valence-corrected chi connectivity index (χ4v) is 10.4. The fourth-order valence-electron chi connectivity index (χ4n) is 10.4. The summed E-state index contributed by atoms with van der Waals surface area (Å²) >= 11 is 0. The van der Waals surface area contributed by atoms with Crippen LogP contribution in [0.15, 0.2) is 24.3 Å². The summed E-state index contributed by atoms with van der Waals surface area (Å²) in [5.41, 5.74) is 0. The van der Waals surface area contributed by atoms with Crippen molar-refractivity contribution in [1.29, 1.82) is 0 Å². The first-order chi connectivity index (χ1) is 37.0. The van der Waals surface area contributed by atoms with Crippen LogP contribution in [0.4, 0.5) is 0 Å². The third kappa shape index (κ3) is 62.6. The standard InChI is InChI=1S/C69H130O6/c1-4-7-10-13-16-19-21-23-25-27-29-31-32-33-34-35-36-37-38-39-41-42-44-46-48-50-53-56-59-62-68(71)74-65-66(64-73-67(70)61-58-55-52-18-15-12-9-6-3)75-69(72)63-60-57-54-51-49-47-45-43-40-30-28-26-24-22-20-17-14-11-8-5-2/h21,23,27,29,66H,4-20,22,24-26,28,30-65H2,1-3H3/b23-21-,29-27-. The number of carbonyl (C=O) groups excluding carboxylic acids is 3. The molecular formula is C69H130O6. The molecule has 0 fully saturated rings. The summed E-state index contributed by atoms with van der Waals surface area (Å²) in [7, 11) is 0. The topological polar surface area (TPSA) is 78.9 Å². The van der Waals surface area contributed by atoms with E-state index in [1.807, 2.05) is 0 Å². The molecule has 0 spiro atoms. The highest BCUT2D eigenvalue weighted by Gasteiger charge is 2.19. The van der Waals surface area contributed by atoms with Gasteiger partial charge in [0, 0.05) is 19.3 Å². The van der Waals surface area contributed by atoms with Gasteiger partial charge in [-0.3, -0.25) is 14.4 Å². The van der Waals surface area contributed by atoms with E-state index in [1.54, 1.807) is 0 Å². The number of allylic oxidation sites excluding steroid dienone is 4. The van der Waals surface area contributed by atoms with E-state index >= 15 is 0 Å². The Bertz CT molecular complexity index is 1210. The molecule has 0 aromatic carbocycles. The average Bonchev–Trinajstić information content (AvgIpc) is 3.41. The predicted octanol–water partition coefficient (Wildman–Crippen LogP) is 23.0. The van der Waals surface area contributed by atoms with E-state index in [0.717, 1.165) is 64.2 Å². The van der Waals surface area contributed by atoms with E-state index in [4.69, 9.17) is 14.2 Å². The minimum Gasteiger partial charge on any atom is -0.462 e. The molecule has 75 heavy (non-hydrogen) atoms. The van der Waals surface area contributed by atoms with E-state index in [0.29, 0.717) is 19.3 Å². The average molecular weight is 1060 g/mol. The second kappa shape index (κ2) is 64.4. The maximum atomic E-state index is 12.9. The Hall–Kier alpha value is -2.11. The molecule has 0 aromatic rings. The van der Waals surface area contributed by atoms with Crippen LogP contribution in [0, 0.1) is 0 Å². The SMILES string of the molecule is CCCCCCC/C=C\C/C=C\CCCCCCCCCCCCCCCCCCCC(=O)OCC(COC(=O)CCCCCCCCCC)OC(=O)CCCCCCCCCCCCCCCCCCCCCC. The summed E-state index contributed by atoms with van der Waals surface area (Å²) in [4.78, 5) is 38.2. The van der Waals surface area contributed by atoms with Crippen LogP contribution in [0.25, 0.3) is 0 Å². The van der Waals surface area contributed by atoms with Crippen molar-refractivity contribution in [2.75, 3.05) is 13.2 Å². The molecule has 0 rings (SSSR count). The summed E-state index contributed by atoms with van der Waals surface area (Å²) in [5, 5.41) is 0. The van der Waals surface area contributed by atoms with Gasteiger partial charge in [-0.05, 0) is 51.4 Å². The minimum atomic E-state index is -0.764. The Balaban J connectivity index is 4.05. The van der Waals surface area contributed by atoms with Crippen molar-refractivity contribution in [1.82, 2.24) is 0 Å². The lowest BCUT2D eigenvalue weighted by atomic mass is 10.0. The Kier molecular flexibility index (Phi) is 62.6. The molecule has 0 N–H and O–H groups in total. The largest absolute Gasteiger partial charge is 0.462 e. The molecule has 0 aliphatic carbocycles. The molecule has 442 valence electrons. The monoisotopic (exact) mass is 1050 g/mol. The normalized spacial score (nSPS) is 12.1. The van der Waals surface area contributed by atoms with E-state index in [9.17, 15) is 14.4 Å². The fraction of sp³-hybridized carbons (Fsp3) is 0.899. The van der Waals surface area contributed by atoms with Crippen molar-refractivity contribution in [2.45, 2.75) is 386 Å². The van der Waals surface area contributed by atoms with Gasteiger partial charge in [0.2, 0.25) is 0 Å². The molecule has 0 aromatic heterocycles. The first-order valence-electron chi connectivity index (χ1n) is 33.8. The molecule has 0 aliphatic heterocycles. The van der Waals surface area contributed by atoms with Crippen LogP contribution in [0.5, 0.6) is 0 Å². The van der Waals surface area contributed by atoms with E-state index in [-0.39, 0.29) is 31.1 Å². The van der Waals surface area contributed by atoms with Gasteiger partial charge in [-0.15, -0.1) is 0 Å². The Labute approximate surface area is 468 Å². The smallest absolute Gasteiger partial charge is 0.306 e. The van der Waals surface area contributed by atoms with Crippen molar-refractivity contribution < 1.29 is 28.6 Å². The van der Waals surface area contributed by atoms with Crippen LogP contribution in [-0.2, 0) is 28.6 Å². The maximum Gasteiger partial charge on any atom is 0.306 e. The number of hydrogen-bond acceptors (Lipinski definition) is 6. The third-order valence-electron chi connectivity index (χ3n) is 15.5. The van der Waals surface area contributed by atoms with Crippen LogP contribution in [0.2, 0.25) is 0 Å². The number of unbranched alkanes of at least 4 members (excludes halogenated alkanes) is 48. The van der Waals surface area contributed by atoms with Gasteiger partial charge in [0.25, 0.3) is 0 Å². The van der Waals surface area contributed by atoms with Crippen molar-refractivity contribution in [2.24, 2.45) is 0 Å². The van der Waals surface area contributed by atoms with Gasteiger partial charge in [0.15, 0.2) is 6.10 Å². The predicted molar refractivity (Wildman–Crippen MR) is 326 cm³/mol. The Morgan fingerprint density at radius 1 is 0.267 bits per heavy atom. The Morgan fingerprint density at radius 3 is 0.733 bits per heavy atom. The molecular weight excluding hydrogens is 925 g/mol. The molecule has 0 heterocycles. The van der Waals surface area contributed by atoms with Crippen LogP contribution in [0.3, 0.4) is 0 Å². The quantitative estimate of drug-likeness (QED) is 0.0261. The molecule has 1 unspecified atom stereocenters. The molecule has 1 atom stereocenters. The summed E-state index contributed by atoms with van der Waals surface area (Å²) < 4.78 is 16.9. The first-order valence-corrected chi connectivity index (χ1v) is 33.8. The van der Waals surface area contributed by atoms with Gasteiger partial charge in [0.05, 0.1) is 0 Å². The highest BCUT2D eigenvalue weighted by molar-refractivity contribution is 5.71. The van der Waals surface area contributed by atoms with Gasteiger partial charge < -0.3 is 14.2 Å². The highest BCUT2D eigenvalue weighted by Crippen LogP contribution is 2.18. The zero-order chi connectivity index (χ0) is 54.3. The molecule has 0 saturated carbocycles. The molecule has 0 radical (unpaired) electrons.